The molecule has 1 amide bonds. The van der Waals surface area contributed by atoms with Crippen LogP contribution < -0.4 is 0 Å². The topological polar surface area (TPSA) is 68.5 Å². The molecule has 2 aromatic rings. The number of carbonyl (C=O) groups excluding carboxylic acids is 1. The molecule has 128 valence electrons. The smallest absolute Gasteiger partial charge is 0.252 e. The first-order valence-corrected chi connectivity index (χ1v) is 8.46. The van der Waals surface area contributed by atoms with E-state index in [1.807, 2.05) is 35.2 Å². The SMILES string of the molecule is CC1CCCN(C(=O)COCc2nc(-c3ccccc3)no2)CC1. The lowest BCUT2D eigenvalue weighted by Gasteiger charge is -2.20. The van der Waals surface area contributed by atoms with Crippen molar-refractivity contribution in [2.75, 3.05) is 19.7 Å². The number of rotatable bonds is 5. The number of hydrogen-bond acceptors (Lipinski definition) is 5. The van der Waals surface area contributed by atoms with Gasteiger partial charge in [0.1, 0.15) is 13.2 Å². The van der Waals surface area contributed by atoms with E-state index in [2.05, 4.69) is 17.1 Å². The molecule has 0 N–H and O–H groups in total. The average molecular weight is 329 g/mol. The first-order chi connectivity index (χ1) is 11.7. The number of carbonyl (C=O) groups is 1. The predicted molar refractivity (Wildman–Crippen MR) is 89.0 cm³/mol. The number of benzene rings is 1. The summed E-state index contributed by atoms with van der Waals surface area (Å²) in [5, 5.41) is 3.93. The lowest BCUT2D eigenvalue weighted by atomic mass is 10.0. The molecule has 1 aliphatic rings. The molecule has 6 nitrogen and oxygen atoms in total. The summed E-state index contributed by atoms with van der Waals surface area (Å²) in [7, 11) is 0. The third-order valence-electron chi connectivity index (χ3n) is 4.32. The molecule has 1 unspecified atom stereocenters. The van der Waals surface area contributed by atoms with Crippen molar-refractivity contribution in [3.05, 3.63) is 36.2 Å². The first kappa shape index (κ1) is 16.6. The van der Waals surface area contributed by atoms with Gasteiger partial charge in [0, 0.05) is 18.7 Å². The van der Waals surface area contributed by atoms with Crippen LogP contribution in [0.15, 0.2) is 34.9 Å². The molecule has 2 heterocycles. The quantitative estimate of drug-likeness (QED) is 0.843. The summed E-state index contributed by atoms with van der Waals surface area (Å²) >= 11 is 0. The molecule has 6 heteroatoms. The third kappa shape index (κ3) is 4.41. The Hall–Kier alpha value is -2.21. The summed E-state index contributed by atoms with van der Waals surface area (Å²) in [5.74, 6) is 1.64. The van der Waals surface area contributed by atoms with Crippen molar-refractivity contribution in [1.82, 2.24) is 15.0 Å². The molecule has 0 radical (unpaired) electrons. The second-order valence-corrected chi connectivity index (χ2v) is 6.29. The van der Waals surface area contributed by atoms with Crippen LogP contribution in [0.1, 0.15) is 32.1 Å². The second kappa shape index (κ2) is 8.06. The third-order valence-corrected chi connectivity index (χ3v) is 4.32. The molecule has 1 aromatic carbocycles. The van der Waals surface area contributed by atoms with Crippen molar-refractivity contribution in [2.24, 2.45) is 5.92 Å². The summed E-state index contributed by atoms with van der Waals surface area (Å²) in [6, 6.07) is 9.60. The van der Waals surface area contributed by atoms with Gasteiger partial charge < -0.3 is 14.2 Å². The van der Waals surface area contributed by atoms with Gasteiger partial charge in [0.15, 0.2) is 0 Å². The molecule has 0 spiro atoms. The van der Waals surface area contributed by atoms with Crippen LogP contribution in [-0.4, -0.2) is 40.6 Å². The Morgan fingerprint density at radius 1 is 1.29 bits per heavy atom. The Bertz CT molecular complexity index is 657. The molecule has 0 saturated carbocycles. The maximum atomic E-state index is 12.2. The maximum Gasteiger partial charge on any atom is 0.252 e. The Balaban J connectivity index is 1.46. The van der Waals surface area contributed by atoms with Crippen LogP contribution in [0, 0.1) is 5.92 Å². The van der Waals surface area contributed by atoms with E-state index in [4.69, 9.17) is 9.26 Å². The van der Waals surface area contributed by atoms with Crippen molar-refractivity contribution in [2.45, 2.75) is 32.8 Å². The minimum Gasteiger partial charge on any atom is -0.362 e. The summed E-state index contributed by atoms with van der Waals surface area (Å²) in [6.07, 6.45) is 3.32. The number of ether oxygens (including phenoxy) is 1. The van der Waals surface area contributed by atoms with E-state index in [1.54, 1.807) is 0 Å². The predicted octanol–water partition coefficient (Wildman–Crippen LogP) is 2.90. The molecule has 1 aromatic heterocycles. The van der Waals surface area contributed by atoms with E-state index >= 15 is 0 Å². The summed E-state index contributed by atoms with van der Waals surface area (Å²) in [5.41, 5.74) is 0.891. The van der Waals surface area contributed by atoms with Crippen molar-refractivity contribution in [3.8, 4) is 11.4 Å². The summed E-state index contributed by atoms with van der Waals surface area (Å²) in [4.78, 5) is 18.4. The van der Waals surface area contributed by atoms with E-state index in [-0.39, 0.29) is 19.1 Å². The van der Waals surface area contributed by atoms with Gasteiger partial charge in [0.2, 0.25) is 11.7 Å². The zero-order valence-electron chi connectivity index (χ0n) is 14.0. The van der Waals surface area contributed by atoms with Crippen molar-refractivity contribution in [1.29, 1.82) is 0 Å². The van der Waals surface area contributed by atoms with E-state index < -0.39 is 0 Å². The maximum absolute atomic E-state index is 12.2. The van der Waals surface area contributed by atoms with Gasteiger partial charge in [-0.25, -0.2) is 0 Å². The molecule has 1 atom stereocenters. The Labute approximate surface area is 141 Å². The van der Waals surface area contributed by atoms with Crippen LogP contribution in [0.5, 0.6) is 0 Å². The lowest BCUT2D eigenvalue weighted by Crippen LogP contribution is -2.34. The van der Waals surface area contributed by atoms with Gasteiger partial charge in [-0.15, -0.1) is 0 Å². The van der Waals surface area contributed by atoms with Crippen LogP contribution in [0.2, 0.25) is 0 Å². The first-order valence-electron chi connectivity index (χ1n) is 8.46. The molecule has 1 fully saturated rings. The summed E-state index contributed by atoms with van der Waals surface area (Å²) in [6.45, 7) is 4.09. The highest BCUT2D eigenvalue weighted by atomic mass is 16.5. The Kier molecular flexibility index (Phi) is 5.59. The molecule has 0 aliphatic carbocycles. The normalized spacial score (nSPS) is 18.4. The number of aromatic nitrogens is 2. The highest BCUT2D eigenvalue weighted by molar-refractivity contribution is 5.77. The van der Waals surface area contributed by atoms with Gasteiger partial charge in [-0.3, -0.25) is 4.79 Å². The van der Waals surface area contributed by atoms with Crippen LogP contribution in [0.3, 0.4) is 0 Å². The zero-order valence-corrected chi connectivity index (χ0v) is 14.0. The molecule has 3 rings (SSSR count). The lowest BCUT2D eigenvalue weighted by molar-refractivity contribution is -0.136. The Morgan fingerprint density at radius 2 is 2.12 bits per heavy atom. The minimum atomic E-state index is 0.0342. The highest BCUT2D eigenvalue weighted by Gasteiger charge is 2.18. The number of nitrogens with zero attached hydrogens (tertiary/aromatic N) is 3. The Morgan fingerprint density at radius 3 is 2.96 bits per heavy atom. The highest BCUT2D eigenvalue weighted by Crippen LogP contribution is 2.17. The largest absolute Gasteiger partial charge is 0.362 e. The summed E-state index contributed by atoms with van der Waals surface area (Å²) < 4.78 is 10.6. The van der Waals surface area contributed by atoms with E-state index in [9.17, 15) is 4.79 Å². The number of hydrogen-bond donors (Lipinski definition) is 0. The van der Waals surface area contributed by atoms with Gasteiger partial charge in [-0.2, -0.15) is 4.98 Å². The van der Waals surface area contributed by atoms with Crippen LogP contribution in [-0.2, 0) is 16.1 Å². The minimum absolute atomic E-state index is 0.0342. The van der Waals surface area contributed by atoms with Crippen molar-refractivity contribution in [3.63, 3.8) is 0 Å². The molecule has 24 heavy (non-hydrogen) atoms. The van der Waals surface area contributed by atoms with Gasteiger partial charge in [-0.05, 0) is 25.2 Å². The van der Waals surface area contributed by atoms with E-state index in [1.165, 1.54) is 6.42 Å². The number of likely N-dealkylation sites (tertiary alicyclic amines) is 1. The van der Waals surface area contributed by atoms with Crippen LogP contribution >= 0.6 is 0 Å². The number of amides is 1. The standard InChI is InChI=1S/C18H23N3O3/c1-14-6-5-10-21(11-9-14)17(22)13-23-12-16-19-18(20-24-16)15-7-3-2-4-8-15/h2-4,7-8,14H,5-6,9-13H2,1H3. The van der Waals surface area contributed by atoms with E-state index in [0.717, 1.165) is 31.5 Å². The van der Waals surface area contributed by atoms with Gasteiger partial charge in [0.25, 0.3) is 5.89 Å². The molecular formula is C18H23N3O3. The van der Waals surface area contributed by atoms with Crippen molar-refractivity contribution < 1.29 is 14.1 Å². The molecule has 0 bridgehead atoms. The van der Waals surface area contributed by atoms with Crippen LogP contribution in [0.4, 0.5) is 0 Å². The zero-order chi connectivity index (χ0) is 16.8. The average Bonchev–Trinajstić information content (AvgIpc) is 2.96. The molecule has 1 saturated heterocycles. The van der Waals surface area contributed by atoms with Gasteiger partial charge >= 0.3 is 0 Å². The van der Waals surface area contributed by atoms with Gasteiger partial charge in [0.05, 0.1) is 0 Å². The fourth-order valence-electron chi connectivity index (χ4n) is 2.85. The molecule has 1 aliphatic heterocycles. The van der Waals surface area contributed by atoms with Crippen molar-refractivity contribution >= 4 is 5.91 Å². The molecular weight excluding hydrogens is 306 g/mol. The van der Waals surface area contributed by atoms with E-state index in [0.29, 0.717) is 17.6 Å². The second-order valence-electron chi connectivity index (χ2n) is 6.29. The van der Waals surface area contributed by atoms with Gasteiger partial charge in [-0.1, -0.05) is 42.4 Å². The van der Waals surface area contributed by atoms with Crippen LogP contribution in [0.25, 0.3) is 11.4 Å². The fourth-order valence-corrected chi connectivity index (χ4v) is 2.85. The fraction of sp³-hybridized carbons (Fsp3) is 0.500. The monoisotopic (exact) mass is 329 g/mol.